The zero-order valence-corrected chi connectivity index (χ0v) is 15.9. The largest absolute Gasteiger partial charge is 0.445 e. The first-order valence-corrected chi connectivity index (χ1v) is 8.76. The molecule has 2 amide bonds. The van der Waals surface area contributed by atoms with Gasteiger partial charge in [-0.1, -0.05) is 30.3 Å². The quantitative estimate of drug-likeness (QED) is 0.889. The molecule has 0 radical (unpaired) electrons. The summed E-state index contributed by atoms with van der Waals surface area (Å²) in [7, 11) is 1.56. The van der Waals surface area contributed by atoms with Crippen molar-refractivity contribution in [1.29, 1.82) is 0 Å². The van der Waals surface area contributed by atoms with E-state index in [1.54, 1.807) is 12.0 Å². The molecule has 0 aromatic heterocycles. The maximum atomic E-state index is 12.2. The number of piperidine rings is 1. The van der Waals surface area contributed by atoms with E-state index in [0.29, 0.717) is 19.5 Å². The van der Waals surface area contributed by atoms with Gasteiger partial charge in [-0.3, -0.25) is 0 Å². The van der Waals surface area contributed by atoms with E-state index in [-0.39, 0.29) is 24.8 Å². The Morgan fingerprint density at radius 3 is 2.54 bits per heavy atom. The molecule has 1 saturated heterocycles. The van der Waals surface area contributed by atoms with Crippen molar-refractivity contribution in [1.82, 2.24) is 10.2 Å². The minimum absolute atomic E-state index is 0.209. The highest BCUT2D eigenvalue weighted by atomic mass is 16.6. The van der Waals surface area contributed by atoms with Crippen molar-refractivity contribution in [2.75, 3.05) is 20.2 Å². The summed E-state index contributed by atoms with van der Waals surface area (Å²) in [6.45, 7) is 6.54. The Morgan fingerprint density at radius 1 is 1.23 bits per heavy atom. The lowest BCUT2D eigenvalue weighted by Crippen LogP contribution is -2.56. The predicted octanol–water partition coefficient (Wildman–Crippen LogP) is 2.94. The zero-order chi connectivity index (χ0) is 19.2. The molecule has 0 unspecified atom stereocenters. The second-order valence-corrected chi connectivity index (χ2v) is 7.30. The number of benzene rings is 1. The van der Waals surface area contributed by atoms with Crippen LogP contribution in [0.25, 0.3) is 0 Å². The maximum Gasteiger partial charge on any atom is 0.410 e. The molecule has 0 saturated carbocycles. The van der Waals surface area contributed by atoms with Crippen molar-refractivity contribution >= 4 is 12.2 Å². The van der Waals surface area contributed by atoms with Gasteiger partial charge in [-0.25, -0.2) is 9.59 Å². The van der Waals surface area contributed by atoms with Gasteiger partial charge in [0.05, 0.1) is 18.7 Å². The molecular formula is C19H28N2O5. The zero-order valence-electron chi connectivity index (χ0n) is 15.9. The number of amides is 2. The molecule has 1 aliphatic rings. The molecule has 1 aliphatic heterocycles. The van der Waals surface area contributed by atoms with Gasteiger partial charge in [-0.05, 0) is 32.8 Å². The maximum absolute atomic E-state index is 12.2. The highest BCUT2D eigenvalue weighted by Gasteiger charge is 2.34. The van der Waals surface area contributed by atoms with Gasteiger partial charge in [0.25, 0.3) is 0 Å². The first-order valence-electron chi connectivity index (χ1n) is 8.76. The van der Waals surface area contributed by atoms with E-state index in [4.69, 9.17) is 14.2 Å². The van der Waals surface area contributed by atoms with Gasteiger partial charge in [-0.2, -0.15) is 0 Å². The third-order valence-electron chi connectivity index (χ3n) is 4.03. The Kier molecular flexibility index (Phi) is 6.85. The third-order valence-corrected chi connectivity index (χ3v) is 4.03. The van der Waals surface area contributed by atoms with Crippen LogP contribution in [0.4, 0.5) is 9.59 Å². The first-order chi connectivity index (χ1) is 12.3. The molecule has 144 valence electrons. The van der Waals surface area contributed by atoms with Crippen LogP contribution in [0.3, 0.4) is 0 Å². The summed E-state index contributed by atoms with van der Waals surface area (Å²) in [4.78, 5) is 25.9. The van der Waals surface area contributed by atoms with Crippen molar-refractivity contribution in [3.05, 3.63) is 35.9 Å². The highest BCUT2D eigenvalue weighted by Crippen LogP contribution is 2.18. The number of nitrogens with one attached hydrogen (secondary N) is 1. The Labute approximate surface area is 154 Å². The fourth-order valence-corrected chi connectivity index (χ4v) is 2.73. The number of nitrogens with zero attached hydrogens (tertiary/aromatic N) is 1. The summed E-state index contributed by atoms with van der Waals surface area (Å²) < 4.78 is 16.1. The predicted molar refractivity (Wildman–Crippen MR) is 96.8 cm³/mol. The standard InChI is InChI=1S/C19H28N2O5/c1-19(2,3)26-18(23)21-11-10-15(16(12-21)24-4)20-17(22)25-13-14-8-6-5-7-9-14/h5-9,15-16H,10-13H2,1-4H3,(H,20,22)/t15-,16-/m1/s1. The van der Waals surface area contributed by atoms with Gasteiger partial charge in [0.15, 0.2) is 0 Å². The lowest BCUT2D eigenvalue weighted by Gasteiger charge is -2.38. The monoisotopic (exact) mass is 364 g/mol. The van der Waals surface area contributed by atoms with Crippen molar-refractivity contribution in [2.24, 2.45) is 0 Å². The second kappa shape index (κ2) is 8.89. The molecule has 1 aromatic carbocycles. The Morgan fingerprint density at radius 2 is 1.92 bits per heavy atom. The molecule has 0 bridgehead atoms. The Bertz CT molecular complexity index is 600. The molecule has 7 heteroatoms. The summed E-state index contributed by atoms with van der Waals surface area (Å²) in [6, 6.07) is 9.26. The first kappa shape index (κ1) is 20.0. The van der Waals surface area contributed by atoms with Crippen LogP contribution in [0.1, 0.15) is 32.8 Å². The van der Waals surface area contributed by atoms with E-state index in [1.807, 2.05) is 51.1 Å². The van der Waals surface area contributed by atoms with Gasteiger partial charge in [0.2, 0.25) is 0 Å². The summed E-state index contributed by atoms with van der Waals surface area (Å²) >= 11 is 0. The summed E-state index contributed by atoms with van der Waals surface area (Å²) in [5.74, 6) is 0. The normalized spacial score (nSPS) is 20.4. The van der Waals surface area contributed by atoms with Crippen LogP contribution >= 0.6 is 0 Å². The van der Waals surface area contributed by atoms with Gasteiger partial charge in [0.1, 0.15) is 12.2 Å². The van der Waals surface area contributed by atoms with E-state index < -0.39 is 11.7 Å². The molecule has 1 heterocycles. The smallest absolute Gasteiger partial charge is 0.410 e. The third kappa shape index (κ3) is 6.22. The number of ether oxygens (including phenoxy) is 3. The lowest BCUT2D eigenvalue weighted by molar-refractivity contribution is -0.0180. The molecule has 0 spiro atoms. The van der Waals surface area contributed by atoms with Gasteiger partial charge < -0.3 is 24.4 Å². The van der Waals surface area contributed by atoms with Gasteiger partial charge in [-0.15, -0.1) is 0 Å². The molecule has 1 aromatic rings. The summed E-state index contributed by atoms with van der Waals surface area (Å²) in [6.07, 6.45) is -0.616. The van der Waals surface area contributed by atoms with Crippen LogP contribution in [0.5, 0.6) is 0 Å². The number of carbonyl (C=O) groups excluding carboxylic acids is 2. The average Bonchev–Trinajstić information content (AvgIpc) is 2.59. The van der Waals surface area contributed by atoms with E-state index in [9.17, 15) is 9.59 Å². The molecule has 2 atom stereocenters. The molecule has 26 heavy (non-hydrogen) atoms. The fourth-order valence-electron chi connectivity index (χ4n) is 2.73. The summed E-state index contributed by atoms with van der Waals surface area (Å²) in [5.41, 5.74) is 0.376. The molecule has 0 aliphatic carbocycles. The number of carbonyl (C=O) groups is 2. The number of hydrogen-bond acceptors (Lipinski definition) is 5. The summed E-state index contributed by atoms with van der Waals surface area (Å²) in [5, 5.41) is 2.83. The molecule has 1 N–H and O–H groups in total. The van der Waals surface area contributed by atoms with Crippen LogP contribution in [0.2, 0.25) is 0 Å². The number of methoxy groups -OCH3 is 1. The second-order valence-electron chi connectivity index (χ2n) is 7.30. The molecule has 1 fully saturated rings. The van der Waals surface area contributed by atoms with E-state index in [0.717, 1.165) is 5.56 Å². The van der Waals surface area contributed by atoms with Gasteiger partial charge in [0, 0.05) is 13.7 Å². The topological polar surface area (TPSA) is 77.1 Å². The van der Waals surface area contributed by atoms with Gasteiger partial charge >= 0.3 is 12.2 Å². The van der Waals surface area contributed by atoms with Crippen molar-refractivity contribution in [2.45, 2.75) is 51.5 Å². The van der Waals surface area contributed by atoms with E-state index in [1.165, 1.54) is 0 Å². The number of alkyl carbamates (subject to hydrolysis) is 1. The minimum Gasteiger partial charge on any atom is -0.445 e. The average molecular weight is 364 g/mol. The van der Waals surface area contributed by atoms with Crippen LogP contribution in [0, 0.1) is 0 Å². The molecule has 7 nitrogen and oxygen atoms in total. The van der Waals surface area contributed by atoms with Crippen molar-refractivity contribution in [3.63, 3.8) is 0 Å². The van der Waals surface area contributed by atoms with Crippen molar-refractivity contribution in [3.8, 4) is 0 Å². The van der Waals surface area contributed by atoms with E-state index in [2.05, 4.69) is 5.32 Å². The SMILES string of the molecule is CO[C@@H]1CN(C(=O)OC(C)(C)C)CC[C@H]1NC(=O)OCc1ccccc1. The fraction of sp³-hybridized carbons (Fsp3) is 0.579. The van der Waals surface area contributed by atoms with Crippen LogP contribution in [0.15, 0.2) is 30.3 Å². The minimum atomic E-state index is -0.546. The Hall–Kier alpha value is -2.28. The Balaban J connectivity index is 1.83. The van der Waals surface area contributed by atoms with Crippen molar-refractivity contribution < 1.29 is 23.8 Å². The number of rotatable bonds is 4. The van der Waals surface area contributed by atoms with E-state index >= 15 is 0 Å². The molecular weight excluding hydrogens is 336 g/mol. The van der Waals surface area contributed by atoms with Crippen LogP contribution in [-0.4, -0.2) is 55.0 Å². The lowest BCUT2D eigenvalue weighted by atomic mass is 10.0. The molecule has 2 rings (SSSR count). The van der Waals surface area contributed by atoms with Crippen LogP contribution < -0.4 is 5.32 Å². The highest BCUT2D eigenvalue weighted by molar-refractivity contribution is 5.69. The van der Waals surface area contributed by atoms with Crippen LogP contribution in [-0.2, 0) is 20.8 Å². The number of likely N-dealkylation sites (tertiary alicyclic amines) is 1. The number of hydrogen-bond donors (Lipinski definition) is 1.